The fourth-order valence-corrected chi connectivity index (χ4v) is 3.75. The lowest BCUT2D eigenvalue weighted by atomic mass is 9.78. The SMILES string of the molecule is O=C1[C@@H]2CCCC[C@@H]2[C@H](C(F)F)N1Cc1ccccc1. The predicted molar refractivity (Wildman–Crippen MR) is 72.2 cm³/mol. The Hall–Kier alpha value is -1.45. The minimum atomic E-state index is -2.45. The summed E-state index contributed by atoms with van der Waals surface area (Å²) in [6, 6.07) is 8.52. The van der Waals surface area contributed by atoms with Crippen LogP contribution in [0.15, 0.2) is 30.3 Å². The third-order valence-corrected chi connectivity index (χ3v) is 4.67. The molecule has 0 spiro atoms. The molecule has 2 fully saturated rings. The predicted octanol–water partition coefficient (Wildman–Crippen LogP) is 3.47. The molecule has 1 aromatic carbocycles. The van der Waals surface area contributed by atoms with E-state index in [4.69, 9.17) is 0 Å². The number of fused-ring (bicyclic) bond motifs is 1. The molecule has 0 aromatic heterocycles. The zero-order chi connectivity index (χ0) is 14.1. The average molecular weight is 279 g/mol. The molecule has 1 amide bonds. The Kier molecular flexibility index (Phi) is 3.72. The fraction of sp³-hybridized carbons (Fsp3) is 0.562. The highest BCUT2D eigenvalue weighted by Crippen LogP contribution is 2.43. The highest BCUT2D eigenvalue weighted by Gasteiger charge is 2.51. The molecule has 1 aromatic rings. The van der Waals surface area contributed by atoms with Gasteiger partial charge in [0.1, 0.15) is 0 Å². The van der Waals surface area contributed by atoms with Gasteiger partial charge in [-0.1, -0.05) is 43.2 Å². The van der Waals surface area contributed by atoms with Crippen LogP contribution < -0.4 is 0 Å². The van der Waals surface area contributed by atoms with Crippen molar-refractivity contribution in [2.75, 3.05) is 0 Å². The Morgan fingerprint density at radius 2 is 1.85 bits per heavy atom. The van der Waals surface area contributed by atoms with Crippen LogP contribution in [0.25, 0.3) is 0 Å². The first-order valence-electron chi connectivity index (χ1n) is 7.31. The molecule has 0 bridgehead atoms. The maximum absolute atomic E-state index is 13.4. The number of likely N-dealkylation sites (tertiary alicyclic amines) is 1. The van der Waals surface area contributed by atoms with Gasteiger partial charge in [-0.25, -0.2) is 8.78 Å². The maximum Gasteiger partial charge on any atom is 0.258 e. The zero-order valence-electron chi connectivity index (χ0n) is 11.3. The van der Waals surface area contributed by atoms with Crippen LogP contribution in [-0.2, 0) is 11.3 Å². The van der Waals surface area contributed by atoms with Gasteiger partial charge in [0.2, 0.25) is 5.91 Å². The van der Waals surface area contributed by atoms with Crippen LogP contribution in [-0.4, -0.2) is 23.3 Å². The minimum Gasteiger partial charge on any atom is -0.329 e. The van der Waals surface area contributed by atoms with Crippen molar-refractivity contribution in [1.29, 1.82) is 0 Å². The van der Waals surface area contributed by atoms with Crippen molar-refractivity contribution in [1.82, 2.24) is 4.90 Å². The Bertz CT molecular complexity index is 477. The van der Waals surface area contributed by atoms with Gasteiger partial charge in [0.05, 0.1) is 6.04 Å². The molecule has 1 heterocycles. The van der Waals surface area contributed by atoms with Crippen molar-refractivity contribution in [3.8, 4) is 0 Å². The molecule has 0 unspecified atom stereocenters. The average Bonchev–Trinajstić information content (AvgIpc) is 2.74. The second-order valence-corrected chi connectivity index (χ2v) is 5.83. The number of halogens is 2. The first-order chi connectivity index (χ1) is 9.68. The second-order valence-electron chi connectivity index (χ2n) is 5.83. The molecule has 1 saturated heterocycles. The van der Waals surface area contributed by atoms with Crippen LogP contribution in [0, 0.1) is 11.8 Å². The van der Waals surface area contributed by atoms with Gasteiger partial charge in [0.15, 0.2) is 0 Å². The number of carbonyl (C=O) groups excluding carboxylic acids is 1. The van der Waals surface area contributed by atoms with E-state index in [0.717, 1.165) is 31.2 Å². The topological polar surface area (TPSA) is 20.3 Å². The smallest absolute Gasteiger partial charge is 0.258 e. The van der Waals surface area contributed by atoms with Crippen molar-refractivity contribution in [3.05, 3.63) is 35.9 Å². The first-order valence-corrected chi connectivity index (χ1v) is 7.31. The number of rotatable bonds is 3. The summed E-state index contributed by atoms with van der Waals surface area (Å²) in [6.45, 7) is 0.307. The molecule has 3 rings (SSSR count). The highest BCUT2D eigenvalue weighted by atomic mass is 19.3. The highest BCUT2D eigenvalue weighted by molar-refractivity contribution is 5.82. The normalized spacial score (nSPS) is 29.9. The third kappa shape index (κ3) is 2.32. The molecule has 0 N–H and O–H groups in total. The van der Waals surface area contributed by atoms with E-state index >= 15 is 0 Å². The van der Waals surface area contributed by atoms with Gasteiger partial charge in [-0.2, -0.15) is 0 Å². The van der Waals surface area contributed by atoms with Gasteiger partial charge in [0, 0.05) is 12.5 Å². The number of benzene rings is 1. The number of nitrogens with zero attached hydrogens (tertiary/aromatic N) is 1. The van der Waals surface area contributed by atoms with E-state index in [1.807, 2.05) is 30.3 Å². The summed E-state index contributed by atoms with van der Waals surface area (Å²) in [5.41, 5.74) is 0.921. The summed E-state index contributed by atoms with van der Waals surface area (Å²) >= 11 is 0. The fourth-order valence-electron chi connectivity index (χ4n) is 3.75. The summed E-state index contributed by atoms with van der Waals surface area (Å²) in [5.74, 6) is -0.393. The second kappa shape index (κ2) is 5.51. The molecule has 1 aliphatic carbocycles. The molecular weight excluding hydrogens is 260 g/mol. The number of alkyl halides is 2. The van der Waals surface area contributed by atoms with Crippen molar-refractivity contribution >= 4 is 5.91 Å². The Morgan fingerprint density at radius 3 is 2.55 bits per heavy atom. The van der Waals surface area contributed by atoms with E-state index in [9.17, 15) is 13.6 Å². The van der Waals surface area contributed by atoms with Gasteiger partial charge < -0.3 is 4.90 Å². The van der Waals surface area contributed by atoms with Crippen LogP contribution in [0.4, 0.5) is 8.78 Å². The van der Waals surface area contributed by atoms with Gasteiger partial charge in [-0.05, 0) is 24.3 Å². The lowest BCUT2D eigenvalue weighted by Gasteiger charge is -2.29. The van der Waals surface area contributed by atoms with E-state index in [1.165, 1.54) is 4.90 Å². The van der Waals surface area contributed by atoms with E-state index in [-0.39, 0.29) is 17.7 Å². The molecule has 1 saturated carbocycles. The quantitative estimate of drug-likeness (QED) is 0.829. The summed E-state index contributed by atoms with van der Waals surface area (Å²) in [7, 11) is 0. The monoisotopic (exact) mass is 279 g/mol. The van der Waals surface area contributed by atoms with Crippen LogP contribution in [0.2, 0.25) is 0 Å². The number of hydrogen-bond donors (Lipinski definition) is 0. The minimum absolute atomic E-state index is 0.0659. The molecule has 2 nitrogen and oxygen atoms in total. The van der Waals surface area contributed by atoms with Crippen LogP contribution in [0.1, 0.15) is 31.2 Å². The molecule has 2 aliphatic rings. The number of carbonyl (C=O) groups is 1. The van der Waals surface area contributed by atoms with Gasteiger partial charge >= 0.3 is 0 Å². The molecular formula is C16H19F2NO. The molecule has 0 radical (unpaired) electrons. The van der Waals surface area contributed by atoms with Crippen molar-refractivity contribution in [2.45, 2.75) is 44.7 Å². The molecule has 1 aliphatic heterocycles. The summed E-state index contributed by atoms with van der Waals surface area (Å²) in [5, 5.41) is 0. The van der Waals surface area contributed by atoms with Crippen LogP contribution >= 0.6 is 0 Å². The molecule has 4 heteroatoms. The Balaban J connectivity index is 1.85. The first kappa shape index (κ1) is 13.5. The summed E-state index contributed by atoms with van der Waals surface area (Å²) < 4.78 is 26.9. The Morgan fingerprint density at radius 1 is 1.15 bits per heavy atom. The van der Waals surface area contributed by atoms with Gasteiger partial charge in [-0.15, -0.1) is 0 Å². The lowest BCUT2D eigenvalue weighted by Crippen LogP contribution is -2.40. The summed E-state index contributed by atoms with van der Waals surface area (Å²) in [4.78, 5) is 13.9. The Labute approximate surface area is 117 Å². The lowest BCUT2D eigenvalue weighted by molar-refractivity contribution is -0.134. The number of amides is 1. The molecule has 3 atom stereocenters. The van der Waals surface area contributed by atoms with Crippen molar-refractivity contribution in [3.63, 3.8) is 0 Å². The number of hydrogen-bond acceptors (Lipinski definition) is 1. The maximum atomic E-state index is 13.4. The van der Waals surface area contributed by atoms with E-state index in [1.54, 1.807) is 0 Å². The van der Waals surface area contributed by atoms with Gasteiger partial charge in [-0.3, -0.25) is 4.79 Å². The van der Waals surface area contributed by atoms with Crippen molar-refractivity contribution < 1.29 is 13.6 Å². The third-order valence-electron chi connectivity index (χ3n) is 4.67. The molecule has 20 heavy (non-hydrogen) atoms. The summed E-state index contributed by atoms with van der Waals surface area (Å²) in [6.07, 6.45) is 1.05. The van der Waals surface area contributed by atoms with E-state index in [0.29, 0.717) is 6.54 Å². The van der Waals surface area contributed by atoms with E-state index in [2.05, 4.69) is 0 Å². The van der Waals surface area contributed by atoms with Crippen molar-refractivity contribution in [2.24, 2.45) is 11.8 Å². The van der Waals surface area contributed by atoms with Crippen LogP contribution in [0.5, 0.6) is 0 Å². The van der Waals surface area contributed by atoms with Gasteiger partial charge in [0.25, 0.3) is 6.43 Å². The van der Waals surface area contributed by atoms with Crippen LogP contribution in [0.3, 0.4) is 0 Å². The molecule has 108 valence electrons. The van der Waals surface area contributed by atoms with E-state index < -0.39 is 12.5 Å². The standard InChI is InChI=1S/C16H19F2NO/c17-15(18)14-12-8-4-5-9-13(12)16(20)19(14)10-11-6-2-1-3-7-11/h1-3,6-7,12-15H,4-5,8-10H2/t12-,13+,14+/m0/s1. The zero-order valence-corrected chi connectivity index (χ0v) is 11.3. The largest absolute Gasteiger partial charge is 0.329 e.